The van der Waals surface area contributed by atoms with Gasteiger partial charge in [0, 0.05) is 12.1 Å². The second-order valence-electron chi connectivity index (χ2n) is 7.34. The molecule has 0 saturated heterocycles. The number of nitrogens with zero attached hydrogens (tertiary/aromatic N) is 1. The number of carbonyl (C=O) groups excluding carboxylic acids is 1. The Labute approximate surface area is 171 Å². The zero-order chi connectivity index (χ0) is 21.6. The summed E-state index contributed by atoms with van der Waals surface area (Å²) in [5.41, 5.74) is 2.70. The Kier molecular flexibility index (Phi) is 7.73. The van der Waals surface area contributed by atoms with Gasteiger partial charge in [-0.3, -0.25) is 20.2 Å². The number of carbonyl (C=O) groups is 1. The molecule has 0 fully saturated rings. The molecule has 0 unspecified atom stereocenters. The average Bonchev–Trinajstić information content (AvgIpc) is 2.71. The minimum absolute atomic E-state index is 0.0143. The summed E-state index contributed by atoms with van der Waals surface area (Å²) in [7, 11) is 1.41. The van der Waals surface area contributed by atoms with Gasteiger partial charge >= 0.3 is 0 Å². The molecule has 1 amide bonds. The van der Waals surface area contributed by atoms with Gasteiger partial charge in [0.15, 0.2) is 0 Å². The largest absolute Gasteiger partial charge is 0.494 e. The van der Waals surface area contributed by atoms with E-state index < -0.39 is 11.0 Å². The third kappa shape index (κ3) is 5.77. The van der Waals surface area contributed by atoms with Crippen molar-refractivity contribution in [1.29, 1.82) is 0 Å². The lowest BCUT2D eigenvalue weighted by Crippen LogP contribution is -2.41. The molecule has 0 spiro atoms. The van der Waals surface area contributed by atoms with Gasteiger partial charge in [0.2, 0.25) is 5.91 Å². The Hall–Kier alpha value is -2.93. The van der Waals surface area contributed by atoms with Crippen LogP contribution in [0.15, 0.2) is 42.5 Å². The summed E-state index contributed by atoms with van der Waals surface area (Å²) >= 11 is 0. The molecule has 7 heteroatoms. The molecule has 29 heavy (non-hydrogen) atoms. The molecule has 0 saturated carbocycles. The first-order valence-corrected chi connectivity index (χ1v) is 9.75. The van der Waals surface area contributed by atoms with Crippen molar-refractivity contribution in [3.63, 3.8) is 0 Å². The zero-order valence-corrected chi connectivity index (χ0v) is 17.6. The van der Waals surface area contributed by atoms with Crippen LogP contribution < -0.4 is 15.4 Å². The fourth-order valence-corrected chi connectivity index (χ4v) is 3.12. The Morgan fingerprint density at radius 3 is 2.31 bits per heavy atom. The van der Waals surface area contributed by atoms with E-state index in [9.17, 15) is 14.9 Å². The van der Waals surface area contributed by atoms with E-state index in [1.165, 1.54) is 30.9 Å². The fraction of sp³-hybridized carbons (Fsp3) is 0.409. The Balaban J connectivity index is 2.12. The van der Waals surface area contributed by atoms with E-state index in [-0.39, 0.29) is 29.3 Å². The molecular formula is C22H29N3O4. The van der Waals surface area contributed by atoms with E-state index in [1.807, 2.05) is 0 Å². The van der Waals surface area contributed by atoms with Crippen molar-refractivity contribution >= 4 is 17.3 Å². The predicted octanol–water partition coefficient (Wildman–Crippen LogP) is 4.48. The molecule has 2 N–H and O–H groups in total. The van der Waals surface area contributed by atoms with Crippen molar-refractivity contribution in [2.45, 2.75) is 46.2 Å². The Bertz CT molecular complexity index is 850. The van der Waals surface area contributed by atoms with E-state index >= 15 is 0 Å². The fourth-order valence-electron chi connectivity index (χ4n) is 3.12. The number of hydrogen-bond donors (Lipinski definition) is 2. The van der Waals surface area contributed by atoms with Gasteiger partial charge in [-0.15, -0.1) is 0 Å². The summed E-state index contributed by atoms with van der Waals surface area (Å²) in [4.78, 5) is 23.1. The second-order valence-corrected chi connectivity index (χ2v) is 7.34. The molecule has 0 heterocycles. The Morgan fingerprint density at radius 2 is 1.79 bits per heavy atom. The molecule has 0 aliphatic heterocycles. The molecule has 0 aromatic heterocycles. The molecule has 2 aromatic rings. The molecule has 0 aliphatic rings. The topological polar surface area (TPSA) is 93.5 Å². The highest BCUT2D eigenvalue weighted by molar-refractivity contribution is 5.96. The van der Waals surface area contributed by atoms with Gasteiger partial charge in [0.05, 0.1) is 29.8 Å². The maximum atomic E-state index is 12.7. The van der Waals surface area contributed by atoms with E-state index in [1.54, 1.807) is 6.92 Å². The molecule has 2 aromatic carbocycles. The van der Waals surface area contributed by atoms with Gasteiger partial charge < -0.3 is 10.1 Å². The molecule has 2 atom stereocenters. The van der Waals surface area contributed by atoms with E-state index in [2.05, 4.69) is 55.7 Å². The van der Waals surface area contributed by atoms with E-state index in [4.69, 9.17) is 4.74 Å². The highest BCUT2D eigenvalue weighted by Crippen LogP contribution is 2.29. The van der Waals surface area contributed by atoms with Crippen LogP contribution in [0.5, 0.6) is 5.75 Å². The minimum atomic E-state index is -0.505. The summed E-state index contributed by atoms with van der Waals surface area (Å²) < 4.78 is 5.19. The lowest BCUT2D eigenvalue weighted by molar-refractivity contribution is -0.384. The molecule has 0 radical (unpaired) electrons. The predicted molar refractivity (Wildman–Crippen MR) is 114 cm³/mol. The number of rotatable bonds is 9. The number of amides is 1. The van der Waals surface area contributed by atoms with Crippen molar-refractivity contribution in [2.24, 2.45) is 5.92 Å². The second kappa shape index (κ2) is 10.0. The zero-order valence-electron chi connectivity index (χ0n) is 17.6. The highest BCUT2D eigenvalue weighted by Gasteiger charge is 2.23. The van der Waals surface area contributed by atoms with Crippen LogP contribution >= 0.6 is 0 Å². The van der Waals surface area contributed by atoms with Gasteiger partial charge in [0.25, 0.3) is 5.69 Å². The minimum Gasteiger partial charge on any atom is -0.494 e. The SMILES string of the molecule is CCc1ccc([C@@H](N[C@@H](C)C(=O)Nc2ccc([N+](=O)[O-])cc2OC)C(C)C)cc1. The van der Waals surface area contributed by atoms with Crippen molar-refractivity contribution in [2.75, 3.05) is 12.4 Å². The number of nitro benzene ring substituents is 1. The first-order chi connectivity index (χ1) is 13.8. The van der Waals surface area contributed by atoms with Crippen molar-refractivity contribution in [3.05, 3.63) is 63.7 Å². The lowest BCUT2D eigenvalue weighted by atomic mass is 9.94. The first-order valence-electron chi connectivity index (χ1n) is 9.75. The summed E-state index contributed by atoms with van der Waals surface area (Å²) in [5, 5.41) is 17.1. The van der Waals surface area contributed by atoms with Crippen LogP contribution in [0, 0.1) is 16.0 Å². The number of hydrogen-bond acceptors (Lipinski definition) is 5. The van der Waals surface area contributed by atoms with Crippen LogP contribution in [0.3, 0.4) is 0 Å². The maximum Gasteiger partial charge on any atom is 0.273 e. The van der Waals surface area contributed by atoms with Crippen LogP contribution in [0.25, 0.3) is 0 Å². The van der Waals surface area contributed by atoms with Gasteiger partial charge in [-0.25, -0.2) is 0 Å². The molecule has 7 nitrogen and oxygen atoms in total. The third-order valence-corrected chi connectivity index (χ3v) is 4.89. The summed E-state index contributed by atoms with van der Waals surface area (Å²) in [6.07, 6.45) is 0.982. The summed E-state index contributed by atoms with van der Waals surface area (Å²) in [5.74, 6) is 0.287. The van der Waals surface area contributed by atoms with Crippen molar-refractivity contribution in [1.82, 2.24) is 5.32 Å². The maximum absolute atomic E-state index is 12.7. The van der Waals surface area contributed by atoms with Gasteiger partial charge in [-0.1, -0.05) is 45.0 Å². The van der Waals surface area contributed by atoms with Crippen LogP contribution in [-0.2, 0) is 11.2 Å². The number of aryl methyl sites for hydroxylation is 1. The van der Waals surface area contributed by atoms with Crippen LogP contribution in [0.4, 0.5) is 11.4 Å². The molecule has 0 bridgehead atoms. The third-order valence-electron chi connectivity index (χ3n) is 4.89. The van der Waals surface area contributed by atoms with Gasteiger partial charge in [-0.05, 0) is 36.5 Å². The van der Waals surface area contributed by atoms with Crippen LogP contribution in [0.2, 0.25) is 0 Å². The lowest BCUT2D eigenvalue weighted by Gasteiger charge is -2.27. The molecule has 0 aliphatic carbocycles. The standard InChI is InChI=1S/C22H29N3O4/c1-6-16-7-9-17(10-8-16)21(14(2)3)23-15(4)22(26)24-19-12-11-18(25(27)28)13-20(19)29-5/h7-15,21,23H,6H2,1-5H3,(H,24,26)/t15-,21-/m0/s1. The molecule has 156 valence electrons. The van der Waals surface area contributed by atoms with Crippen molar-refractivity contribution < 1.29 is 14.5 Å². The normalized spacial score (nSPS) is 13.0. The average molecular weight is 399 g/mol. The monoisotopic (exact) mass is 399 g/mol. The number of benzene rings is 2. The number of nitro groups is 1. The van der Waals surface area contributed by atoms with Crippen LogP contribution in [-0.4, -0.2) is 24.0 Å². The highest BCUT2D eigenvalue weighted by atomic mass is 16.6. The Morgan fingerprint density at radius 1 is 1.14 bits per heavy atom. The number of anilines is 1. The van der Waals surface area contributed by atoms with Crippen LogP contribution in [0.1, 0.15) is 44.9 Å². The quantitative estimate of drug-likeness (QED) is 0.479. The molecular weight excluding hydrogens is 370 g/mol. The molecule has 2 rings (SSSR count). The number of non-ortho nitro benzene ring substituents is 1. The van der Waals surface area contributed by atoms with Crippen molar-refractivity contribution in [3.8, 4) is 5.75 Å². The number of ether oxygens (including phenoxy) is 1. The van der Waals surface area contributed by atoms with E-state index in [0.717, 1.165) is 12.0 Å². The first kappa shape index (κ1) is 22.4. The van der Waals surface area contributed by atoms with Gasteiger partial charge in [-0.2, -0.15) is 0 Å². The summed E-state index contributed by atoms with van der Waals surface area (Å²) in [6.45, 7) is 8.12. The van der Waals surface area contributed by atoms with Gasteiger partial charge in [0.1, 0.15) is 5.75 Å². The number of nitrogens with one attached hydrogen (secondary N) is 2. The summed E-state index contributed by atoms with van der Waals surface area (Å²) in [6, 6.07) is 12.1. The number of methoxy groups -OCH3 is 1. The van der Waals surface area contributed by atoms with E-state index in [0.29, 0.717) is 5.69 Å². The smallest absolute Gasteiger partial charge is 0.273 e.